The van der Waals surface area contributed by atoms with E-state index in [1.54, 1.807) is 12.1 Å². The van der Waals surface area contributed by atoms with Gasteiger partial charge in [-0.25, -0.2) is 4.79 Å². The molecule has 1 atom stereocenters. The molecular formula is C16H15Cl3N2O2. The van der Waals surface area contributed by atoms with Crippen molar-refractivity contribution in [3.8, 4) is 0 Å². The molecule has 0 aliphatic heterocycles. The number of halogens is 3. The second kappa shape index (κ2) is 8.29. The third-order valence-corrected chi connectivity index (χ3v) is 3.54. The molecule has 0 saturated heterocycles. The van der Waals surface area contributed by atoms with E-state index in [4.69, 9.17) is 39.5 Å². The van der Waals surface area contributed by atoms with E-state index in [1.165, 1.54) is 0 Å². The van der Waals surface area contributed by atoms with Crippen LogP contribution in [0.1, 0.15) is 5.56 Å². The number of alkyl halides is 3. The van der Waals surface area contributed by atoms with Crippen LogP contribution in [0.5, 0.6) is 0 Å². The maximum Gasteiger partial charge on any atom is 0.409 e. The van der Waals surface area contributed by atoms with Gasteiger partial charge < -0.3 is 10.1 Å². The summed E-state index contributed by atoms with van der Waals surface area (Å²) < 4.78 is 3.38. The highest BCUT2D eigenvalue weighted by Gasteiger charge is 2.34. The van der Waals surface area contributed by atoms with E-state index in [2.05, 4.69) is 10.6 Å². The molecular weight excluding hydrogens is 359 g/mol. The lowest BCUT2D eigenvalue weighted by Crippen LogP contribution is -2.49. The molecule has 0 bridgehead atoms. The first kappa shape index (κ1) is 17.7. The first-order valence-electron chi connectivity index (χ1n) is 6.80. The quantitative estimate of drug-likeness (QED) is 0.589. The summed E-state index contributed by atoms with van der Waals surface area (Å²) in [5, 5.41) is 5.45. The van der Waals surface area contributed by atoms with Gasteiger partial charge in [0.2, 0.25) is 3.79 Å². The zero-order valence-electron chi connectivity index (χ0n) is 12.0. The molecule has 0 aromatic heterocycles. The minimum atomic E-state index is -1.75. The Balaban J connectivity index is 1.93. The number of anilines is 1. The number of carbonyl (C=O) groups excluding carboxylic acids is 1. The van der Waals surface area contributed by atoms with Gasteiger partial charge in [-0.2, -0.15) is 0 Å². The van der Waals surface area contributed by atoms with E-state index in [0.717, 1.165) is 5.56 Å². The van der Waals surface area contributed by atoms with Crippen LogP contribution in [0.25, 0.3) is 0 Å². The molecule has 2 aromatic rings. The zero-order chi connectivity index (χ0) is 16.7. The number of hydrogen-bond acceptors (Lipinski definition) is 3. The van der Waals surface area contributed by atoms with Crippen molar-refractivity contribution < 1.29 is 9.53 Å². The van der Waals surface area contributed by atoms with Gasteiger partial charge in [0.1, 0.15) is 12.8 Å². The molecule has 0 spiro atoms. The van der Waals surface area contributed by atoms with Crippen molar-refractivity contribution >= 4 is 46.6 Å². The fourth-order valence-electron chi connectivity index (χ4n) is 1.78. The summed E-state index contributed by atoms with van der Waals surface area (Å²) in [5.41, 5.74) is 1.57. The normalized spacial score (nSPS) is 12.3. The van der Waals surface area contributed by atoms with Crippen LogP contribution in [-0.2, 0) is 11.3 Å². The Morgan fingerprint density at radius 1 is 1.00 bits per heavy atom. The average Bonchev–Trinajstić information content (AvgIpc) is 2.53. The lowest BCUT2D eigenvalue weighted by molar-refractivity contribution is 0.137. The van der Waals surface area contributed by atoms with Gasteiger partial charge in [0, 0.05) is 5.69 Å². The maximum absolute atomic E-state index is 11.9. The number of ether oxygens (including phenoxy) is 1. The third-order valence-electron chi connectivity index (χ3n) is 2.89. The molecule has 0 radical (unpaired) electrons. The summed E-state index contributed by atoms with van der Waals surface area (Å²) in [6.45, 7) is 0.130. The molecule has 2 N–H and O–H groups in total. The number of hydrogen-bond donors (Lipinski definition) is 2. The molecule has 122 valence electrons. The molecule has 0 unspecified atom stereocenters. The van der Waals surface area contributed by atoms with Crippen molar-refractivity contribution in [2.75, 3.05) is 5.32 Å². The van der Waals surface area contributed by atoms with Crippen molar-refractivity contribution in [3.05, 3.63) is 66.2 Å². The third kappa shape index (κ3) is 6.18. The second-order valence-electron chi connectivity index (χ2n) is 4.69. The van der Waals surface area contributed by atoms with Crippen LogP contribution in [0.15, 0.2) is 60.7 Å². The summed E-state index contributed by atoms with van der Waals surface area (Å²) in [4.78, 5) is 11.9. The Hall–Kier alpha value is -1.62. The van der Waals surface area contributed by atoms with Crippen molar-refractivity contribution in [2.24, 2.45) is 0 Å². The predicted octanol–water partition coefficient (Wildman–Crippen LogP) is 4.72. The highest BCUT2D eigenvalue weighted by Crippen LogP contribution is 2.31. The number of rotatable bonds is 5. The van der Waals surface area contributed by atoms with E-state index < -0.39 is 16.1 Å². The lowest BCUT2D eigenvalue weighted by atomic mass is 10.2. The maximum atomic E-state index is 11.9. The molecule has 7 heteroatoms. The summed E-state index contributed by atoms with van der Waals surface area (Å²) in [7, 11) is 0. The highest BCUT2D eigenvalue weighted by atomic mass is 35.6. The van der Waals surface area contributed by atoms with Gasteiger partial charge in [0.25, 0.3) is 0 Å². The van der Waals surface area contributed by atoms with Gasteiger partial charge in [0.05, 0.1) is 0 Å². The van der Waals surface area contributed by atoms with Gasteiger partial charge in [-0.15, -0.1) is 0 Å². The zero-order valence-corrected chi connectivity index (χ0v) is 14.3. The number of para-hydroxylation sites is 1. The largest absolute Gasteiger partial charge is 0.445 e. The molecule has 23 heavy (non-hydrogen) atoms. The van der Waals surface area contributed by atoms with E-state index in [9.17, 15) is 4.79 Å². The number of amides is 1. The van der Waals surface area contributed by atoms with Crippen molar-refractivity contribution in [3.63, 3.8) is 0 Å². The van der Waals surface area contributed by atoms with Crippen LogP contribution in [0.3, 0.4) is 0 Å². The lowest BCUT2D eigenvalue weighted by Gasteiger charge is -2.27. The molecule has 0 aliphatic rings. The number of alkyl carbamates (subject to hydrolysis) is 1. The Morgan fingerprint density at radius 3 is 2.13 bits per heavy atom. The van der Waals surface area contributed by atoms with Gasteiger partial charge >= 0.3 is 6.09 Å². The van der Waals surface area contributed by atoms with E-state index in [-0.39, 0.29) is 6.61 Å². The van der Waals surface area contributed by atoms with Crippen LogP contribution in [0.2, 0.25) is 0 Å². The molecule has 2 aromatic carbocycles. The summed E-state index contributed by atoms with van der Waals surface area (Å²) >= 11 is 17.7. The van der Waals surface area contributed by atoms with Gasteiger partial charge in [0.15, 0.2) is 0 Å². The monoisotopic (exact) mass is 372 g/mol. The van der Waals surface area contributed by atoms with Crippen LogP contribution >= 0.6 is 34.8 Å². The minimum Gasteiger partial charge on any atom is -0.445 e. The van der Waals surface area contributed by atoms with E-state index >= 15 is 0 Å². The predicted molar refractivity (Wildman–Crippen MR) is 93.9 cm³/mol. The summed E-state index contributed by atoms with van der Waals surface area (Å²) in [6.07, 6.45) is -1.63. The Bertz CT molecular complexity index is 618. The number of carbonyl (C=O) groups is 1. The van der Waals surface area contributed by atoms with Crippen LogP contribution in [0, 0.1) is 0 Å². The van der Waals surface area contributed by atoms with Gasteiger partial charge in [-0.3, -0.25) is 5.32 Å². The summed E-state index contributed by atoms with van der Waals surface area (Å²) in [6, 6.07) is 18.4. The van der Waals surface area contributed by atoms with Gasteiger partial charge in [-0.1, -0.05) is 83.3 Å². The molecule has 0 fully saturated rings. The van der Waals surface area contributed by atoms with Gasteiger partial charge in [-0.05, 0) is 17.7 Å². The smallest absolute Gasteiger partial charge is 0.409 e. The average molecular weight is 374 g/mol. The van der Waals surface area contributed by atoms with E-state index in [1.807, 2.05) is 48.5 Å². The molecule has 2 rings (SSSR count). The fourth-order valence-corrected chi connectivity index (χ4v) is 2.11. The van der Waals surface area contributed by atoms with Crippen LogP contribution in [-0.4, -0.2) is 16.1 Å². The first-order chi connectivity index (χ1) is 10.9. The van der Waals surface area contributed by atoms with E-state index in [0.29, 0.717) is 5.69 Å². The number of benzene rings is 2. The molecule has 4 nitrogen and oxygen atoms in total. The van der Waals surface area contributed by atoms with Crippen molar-refractivity contribution in [1.29, 1.82) is 0 Å². The van der Waals surface area contributed by atoms with Crippen molar-refractivity contribution in [1.82, 2.24) is 5.32 Å². The fraction of sp³-hybridized carbons (Fsp3) is 0.188. The highest BCUT2D eigenvalue weighted by molar-refractivity contribution is 6.68. The topological polar surface area (TPSA) is 50.4 Å². The Morgan fingerprint density at radius 2 is 1.57 bits per heavy atom. The van der Waals surface area contributed by atoms with Crippen LogP contribution < -0.4 is 10.6 Å². The van der Waals surface area contributed by atoms with Crippen molar-refractivity contribution in [2.45, 2.75) is 16.6 Å². The first-order valence-corrected chi connectivity index (χ1v) is 7.94. The SMILES string of the molecule is O=C(N[C@H](Nc1ccccc1)C(Cl)(Cl)Cl)OCc1ccccc1. The molecule has 0 aliphatic carbocycles. The molecule has 1 amide bonds. The standard InChI is InChI=1S/C16H15Cl3N2O2/c17-16(18,19)14(20-13-9-5-2-6-10-13)21-15(22)23-11-12-7-3-1-4-8-12/h1-10,14,20H,11H2,(H,21,22)/t14-/m0/s1. The second-order valence-corrected chi connectivity index (χ2v) is 7.06. The Kier molecular flexibility index (Phi) is 6.39. The summed E-state index contributed by atoms with van der Waals surface area (Å²) in [5.74, 6) is 0. The molecule has 0 saturated carbocycles. The minimum absolute atomic E-state index is 0.130. The van der Waals surface area contributed by atoms with Crippen LogP contribution in [0.4, 0.5) is 10.5 Å². The Labute approximate surface area is 149 Å². The number of nitrogens with one attached hydrogen (secondary N) is 2. The molecule has 0 heterocycles.